The standard InChI is InChI=1S/7C10H8.7C5H12O.C4H12OSi.2C3H10Si.3C2H8Si.3CH6Si/c7*1-2-6-10-8-4-3-7-9(10)5-1;7*1-5(2,3)6-4;1-5-3-2-4-6;2*1-2-3-4;3*1-2-3;3*1-2/h7*1-8H;7*1-4H3;2-4H2,1,6H3;2*2-3H2,1,4H3;3*2H2,1,3H3;3*1-2H3. The van der Waals surface area contributed by atoms with E-state index in [0.29, 0.717) is 0 Å². The lowest BCUT2D eigenvalue weighted by Crippen LogP contribution is -2.15. The third kappa shape index (κ3) is 108. The van der Waals surface area contributed by atoms with Gasteiger partial charge in [0.15, 0.2) is 0 Å². The van der Waals surface area contributed by atoms with Gasteiger partial charge in [-0.15, -0.1) is 0 Å². The van der Waals surface area contributed by atoms with Gasteiger partial charge in [-0.05, 0) is 258 Å². The maximum atomic E-state index is 4.94. The summed E-state index contributed by atoms with van der Waals surface area (Å²) in [5.41, 5.74) is 0.292. The Labute approximate surface area is 896 Å². The number of benzene rings is 14. The third-order valence-corrected chi connectivity index (χ3v) is 20.3. The second-order valence-corrected chi connectivity index (χ2v) is 45.4. The minimum Gasteiger partial charge on any atom is -0.385 e. The molecular formula is C124H214O8Si9. The zero-order valence-corrected chi connectivity index (χ0v) is 117. The van der Waals surface area contributed by atoms with Gasteiger partial charge in [-0.25, -0.2) is 0 Å². The molecule has 17 heteroatoms. The second-order valence-electron chi connectivity index (χ2n) is 38.1. The Morgan fingerprint density at radius 2 is 0.227 bits per heavy atom. The Bertz CT molecular complexity index is 3620. The highest BCUT2D eigenvalue weighted by molar-refractivity contribution is 6.09. The van der Waals surface area contributed by atoms with Gasteiger partial charge >= 0.3 is 0 Å². The second kappa shape index (κ2) is 101. The Morgan fingerprint density at radius 3 is 0.255 bits per heavy atom. The van der Waals surface area contributed by atoms with Crippen LogP contribution in [0.5, 0.6) is 0 Å². The summed E-state index contributed by atoms with van der Waals surface area (Å²) in [6, 6.07) is 125. The Kier molecular flexibility index (Phi) is 109. The van der Waals surface area contributed by atoms with Crippen LogP contribution in [0.3, 0.4) is 0 Å². The molecule has 141 heavy (non-hydrogen) atoms. The number of methoxy groups -OCH3 is 8. The van der Waals surface area contributed by atoms with Crippen molar-refractivity contribution in [2.75, 3.05) is 63.5 Å². The molecule has 0 aromatic heterocycles. The molecule has 0 amide bonds. The molecule has 0 radical (unpaired) electrons. The van der Waals surface area contributed by atoms with E-state index >= 15 is 0 Å². The fraction of sp³-hybridized carbons (Fsp3) is 0.435. The van der Waals surface area contributed by atoms with E-state index in [9.17, 15) is 0 Å². The molecule has 8 nitrogen and oxygen atoms in total. The van der Waals surface area contributed by atoms with Gasteiger partial charge in [-0.3, -0.25) is 0 Å². The van der Waals surface area contributed by atoms with Crippen LogP contribution >= 0.6 is 0 Å². The first-order valence-electron chi connectivity index (χ1n) is 52.1. The average molecular weight is 2090 g/mol. The van der Waals surface area contributed by atoms with Crippen molar-refractivity contribution in [3.8, 4) is 0 Å². The van der Waals surface area contributed by atoms with Gasteiger partial charge in [0.2, 0.25) is 0 Å². The Morgan fingerprint density at radius 1 is 0.163 bits per heavy atom. The van der Waals surface area contributed by atoms with E-state index in [2.05, 4.69) is 394 Å². The van der Waals surface area contributed by atoms with Crippen LogP contribution in [0.25, 0.3) is 75.4 Å². The molecule has 0 atom stereocenters. The van der Waals surface area contributed by atoms with Crippen molar-refractivity contribution in [1.29, 1.82) is 0 Å². The average Bonchev–Trinajstić information content (AvgIpc) is 0.903. The largest absolute Gasteiger partial charge is 0.385 e. The van der Waals surface area contributed by atoms with Crippen LogP contribution in [-0.2, 0) is 37.9 Å². The molecule has 0 aliphatic rings. The summed E-state index contributed by atoms with van der Waals surface area (Å²) in [5.74, 6) is 0. The molecule has 0 N–H and O–H groups in total. The molecule has 794 valence electrons. The maximum Gasteiger partial charge on any atom is 0.0594 e. The van der Waals surface area contributed by atoms with Crippen LogP contribution in [0.15, 0.2) is 340 Å². The van der Waals surface area contributed by atoms with Crippen LogP contribution in [0.2, 0.25) is 55.9 Å². The molecule has 0 aliphatic carbocycles. The summed E-state index contributed by atoms with van der Waals surface area (Å²) in [5, 5.41) is 18.3. The Balaban J connectivity index is -0.000000187. The number of ether oxygens (including phenoxy) is 8. The smallest absolute Gasteiger partial charge is 0.0594 e. The Hall–Kier alpha value is -7.47. The molecule has 0 heterocycles. The maximum absolute atomic E-state index is 4.94. The summed E-state index contributed by atoms with van der Waals surface area (Å²) >= 11 is 0. The highest BCUT2D eigenvalue weighted by Crippen LogP contribution is 2.18. The summed E-state index contributed by atoms with van der Waals surface area (Å²) < 4.78 is 39.4. The van der Waals surface area contributed by atoms with Crippen LogP contribution in [0.4, 0.5) is 0 Å². The van der Waals surface area contributed by atoms with Gasteiger partial charge in [-0.1, -0.05) is 443 Å². The molecule has 14 aromatic carbocycles. The summed E-state index contributed by atoms with van der Waals surface area (Å²) in [4.78, 5) is 0. The monoisotopic (exact) mass is 2080 g/mol. The molecule has 0 saturated heterocycles. The lowest BCUT2D eigenvalue weighted by atomic mass is 10.1. The van der Waals surface area contributed by atoms with Crippen molar-refractivity contribution in [3.05, 3.63) is 340 Å². The van der Waals surface area contributed by atoms with E-state index in [1.165, 1.54) is 223 Å². The molecule has 14 aromatic rings. The highest BCUT2D eigenvalue weighted by Gasteiger charge is 2.08. The first-order valence-corrected chi connectivity index (χ1v) is 66.6. The van der Waals surface area contributed by atoms with Gasteiger partial charge in [0, 0.05) is 125 Å². The van der Waals surface area contributed by atoms with E-state index in [1.807, 2.05) is 145 Å². The lowest BCUT2D eigenvalue weighted by Gasteiger charge is -2.14. The molecule has 0 aliphatic heterocycles. The van der Waals surface area contributed by atoms with Gasteiger partial charge < -0.3 is 37.9 Å². The zero-order valence-electron chi connectivity index (χ0n) is 99.2. The van der Waals surface area contributed by atoms with Crippen LogP contribution in [0.1, 0.15) is 199 Å². The van der Waals surface area contributed by atoms with E-state index in [-0.39, 0.29) is 39.2 Å². The number of hydrogen-bond acceptors (Lipinski definition) is 8. The predicted molar refractivity (Wildman–Crippen MR) is 685 cm³/mol. The van der Waals surface area contributed by atoms with Crippen LogP contribution < -0.4 is 0 Å². The topological polar surface area (TPSA) is 73.8 Å². The summed E-state index contributed by atoms with van der Waals surface area (Å²) in [6.07, 6.45) is 4.02. The summed E-state index contributed by atoms with van der Waals surface area (Å²) in [7, 11) is 25.8. The molecule has 0 fully saturated rings. The normalized spacial score (nSPS) is 10.0. The van der Waals surface area contributed by atoms with E-state index in [0.717, 1.165) is 6.61 Å². The first kappa shape index (κ1) is 151. The van der Waals surface area contributed by atoms with E-state index < -0.39 is 0 Å². The molecule has 0 bridgehead atoms. The molecule has 0 spiro atoms. The molecule has 0 saturated carbocycles. The van der Waals surface area contributed by atoms with Gasteiger partial charge in [-0.2, -0.15) is 0 Å². The minimum absolute atomic E-state index is 0.0417. The predicted octanol–water partition coefficient (Wildman–Crippen LogP) is 27.6. The number of hydrogen-bond donors (Lipinski definition) is 0. The molecular weight excluding hydrogens is 1870 g/mol. The minimum atomic E-state index is 0.0417. The van der Waals surface area contributed by atoms with Crippen molar-refractivity contribution < 1.29 is 37.9 Å². The fourth-order valence-electron chi connectivity index (χ4n) is 8.22. The molecule has 14 rings (SSSR count). The highest BCUT2D eigenvalue weighted by atomic mass is 28.2. The van der Waals surface area contributed by atoms with Crippen LogP contribution in [-0.4, -0.2) is 195 Å². The quantitative estimate of drug-likeness (QED) is 0.125. The lowest BCUT2D eigenvalue weighted by molar-refractivity contribution is 0.0394. The number of fused-ring (bicyclic) bond motifs is 7. The van der Waals surface area contributed by atoms with Crippen molar-refractivity contribution in [3.63, 3.8) is 0 Å². The fourth-order valence-corrected chi connectivity index (χ4v) is 8.51. The van der Waals surface area contributed by atoms with Gasteiger partial charge in [0.05, 0.1) is 39.2 Å². The molecule has 0 unspecified atom stereocenters. The van der Waals surface area contributed by atoms with E-state index in [1.54, 1.807) is 56.9 Å². The van der Waals surface area contributed by atoms with Crippen molar-refractivity contribution in [2.45, 2.75) is 294 Å². The third-order valence-electron chi connectivity index (χ3n) is 17.6. The zero-order chi connectivity index (χ0) is 110. The van der Waals surface area contributed by atoms with Gasteiger partial charge in [0.1, 0.15) is 0 Å². The van der Waals surface area contributed by atoms with E-state index in [4.69, 9.17) is 37.9 Å². The summed E-state index contributed by atoms with van der Waals surface area (Å²) in [6.45, 7) is 60.8. The first-order chi connectivity index (χ1) is 66.7. The van der Waals surface area contributed by atoms with Gasteiger partial charge in [0.25, 0.3) is 0 Å². The van der Waals surface area contributed by atoms with Crippen LogP contribution in [0, 0.1) is 0 Å². The van der Waals surface area contributed by atoms with Crippen molar-refractivity contribution in [1.82, 2.24) is 0 Å². The van der Waals surface area contributed by atoms with Crippen molar-refractivity contribution >= 4 is 168 Å². The SMILES string of the molecule is CCC[SiH3].CCC[SiH3].CC[SiH3].CC[SiH3].CC[SiH3].COC(C)(C)C.COC(C)(C)C.COC(C)(C)C.COC(C)(C)C.COC(C)(C)C.COC(C)(C)C.COC(C)(C)C.COCCC[SiH3].C[SiH3].C[SiH3].C[SiH3].c1ccc2ccccc2c1.c1ccc2ccccc2c1.c1ccc2ccccc2c1.c1ccc2ccccc2c1.c1ccc2ccccc2c1.c1ccc2ccccc2c1.c1ccc2ccccc2c1. The number of rotatable bonds is 5. The van der Waals surface area contributed by atoms with Crippen molar-refractivity contribution in [2.24, 2.45) is 0 Å².